The number of hydrogen-bond donors (Lipinski definition) is 2. The van der Waals surface area contributed by atoms with Gasteiger partial charge in [-0.1, -0.05) is 0 Å². The van der Waals surface area contributed by atoms with E-state index in [-0.39, 0.29) is 78.8 Å². The monoisotopic (exact) mass is 559 g/mol. The Morgan fingerprint density at radius 2 is 1.13 bits per heavy atom. The van der Waals surface area contributed by atoms with E-state index >= 15 is 0 Å². The zero-order chi connectivity index (χ0) is 29.2. The first-order valence-corrected chi connectivity index (χ1v) is 12.3. The summed E-state index contributed by atoms with van der Waals surface area (Å²) in [4.78, 5) is 74.7. The lowest BCUT2D eigenvalue weighted by molar-refractivity contribution is -0.151. The van der Waals surface area contributed by atoms with E-state index in [1.54, 1.807) is 0 Å². The second-order valence-electron chi connectivity index (χ2n) is 8.41. The van der Waals surface area contributed by atoms with Crippen LogP contribution in [-0.2, 0) is 47.7 Å². The maximum Gasteiger partial charge on any atom is 0.305 e. The van der Waals surface area contributed by atoms with Gasteiger partial charge in [0.15, 0.2) is 0 Å². The van der Waals surface area contributed by atoms with Crippen molar-refractivity contribution in [2.24, 2.45) is 0 Å². The first kappa shape index (κ1) is 33.6. The minimum Gasteiger partial charge on any atom is -0.481 e. The number of rotatable bonds is 22. The highest BCUT2D eigenvalue weighted by Crippen LogP contribution is 2.16. The molecule has 15 nitrogen and oxygen atoms in total. The lowest BCUT2D eigenvalue weighted by Gasteiger charge is -2.30. The van der Waals surface area contributed by atoms with Crippen molar-refractivity contribution in [1.82, 2.24) is 14.7 Å². The predicted molar refractivity (Wildman–Crippen MR) is 132 cm³/mol. The highest BCUT2D eigenvalue weighted by Gasteiger charge is 2.39. The molecule has 2 N–H and O–H groups in total. The lowest BCUT2D eigenvalue weighted by Crippen LogP contribution is -2.52. The van der Waals surface area contributed by atoms with Gasteiger partial charge >= 0.3 is 11.9 Å². The summed E-state index contributed by atoms with van der Waals surface area (Å²) < 4.78 is 20.9. The minimum atomic E-state index is -1.34. The van der Waals surface area contributed by atoms with Gasteiger partial charge in [-0.25, -0.2) is 0 Å². The molecule has 0 radical (unpaired) electrons. The van der Waals surface area contributed by atoms with Crippen LogP contribution in [0.1, 0.15) is 19.3 Å². The molecule has 1 unspecified atom stereocenters. The summed E-state index contributed by atoms with van der Waals surface area (Å²) in [6.45, 7) is 1.44. The highest BCUT2D eigenvalue weighted by atomic mass is 16.5. The van der Waals surface area contributed by atoms with E-state index in [4.69, 9.17) is 29.2 Å². The van der Waals surface area contributed by atoms with Crippen LogP contribution in [0.2, 0.25) is 0 Å². The highest BCUT2D eigenvalue weighted by molar-refractivity contribution is 6.15. The van der Waals surface area contributed by atoms with Crippen molar-refractivity contribution in [2.75, 3.05) is 80.0 Å². The maximum absolute atomic E-state index is 13.1. The van der Waals surface area contributed by atoms with Crippen LogP contribution >= 0.6 is 0 Å². The van der Waals surface area contributed by atoms with E-state index < -0.39 is 48.0 Å². The second-order valence-corrected chi connectivity index (χ2v) is 8.41. The molecule has 15 heteroatoms. The van der Waals surface area contributed by atoms with Crippen molar-refractivity contribution >= 4 is 35.6 Å². The fourth-order valence-corrected chi connectivity index (χ4v) is 3.18. The van der Waals surface area contributed by atoms with Gasteiger partial charge in [0.25, 0.3) is 11.8 Å². The van der Waals surface area contributed by atoms with Crippen molar-refractivity contribution in [3.63, 3.8) is 0 Å². The molecule has 0 saturated carbocycles. The molecule has 220 valence electrons. The van der Waals surface area contributed by atoms with Gasteiger partial charge in [-0.15, -0.1) is 0 Å². The molecular weight excluding hydrogens is 522 g/mol. The van der Waals surface area contributed by atoms with Gasteiger partial charge in [0.05, 0.1) is 72.1 Å². The van der Waals surface area contributed by atoms with E-state index in [0.717, 1.165) is 17.1 Å². The number of hydrogen-bond acceptors (Lipinski definition) is 10. The number of ether oxygens (including phenoxy) is 4. The van der Waals surface area contributed by atoms with Crippen molar-refractivity contribution in [1.29, 1.82) is 0 Å². The van der Waals surface area contributed by atoms with Crippen LogP contribution in [0.5, 0.6) is 0 Å². The Balaban J connectivity index is 2.52. The molecule has 39 heavy (non-hydrogen) atoms. The summed E-state index contributed by atoms with van der Waals surface area (Å²) in [5.74, 6) is -4.40. The number of likely N-dealkylation sites (N-methyl/N-ethyl adjacent to an activating group) is 2. The molecule has 0 aromatic rings. The van der Waals surface area contributed by atoms with Crippen molar-refractivity contribution < 1.29 is 57.9 Å². The molecule has 0 fully saturated rings. The van der Waals surface area contributed by atoms with E-state index in [0.29, 0.717) is 0 Å². The summed E-state index contributed by atoms with van der Waals surface area (Å²) in [7, 11) is 2.96. The standard InChI is InChI=1S/C24H37N3O12/c1-25(7-11-38-15-13-36-9-5-22(31)32)21(30)17-18(27-19(28)3-4-20(27)29)24(35)26(2)8-12-39-16-14-37-10-6-23(33)34/h3-4,18H,5-17H2,1-2H3,(H,31,32)(H,33,34). The van der Waals surface area contributed by atoms with Gasteiger partial charge in [-0.3, -0.25) is 33.7 Å². The Kier molecular flexibility index (Phi) is 16.2. The fourth-order valence-electron chi connectivity index (χ4n) is 3.18. The number of amides is 4. The summed E-state index contributed by atoms with van der Waals surface area (Å²) in [6.07, 6.45) is 1.43. The number of nitrogens with zero attached hydrogens (tertiary/aromatic N) is 3. The van der Waals surface area contributed by atoms with E-state index in [2.05, 4.69) is 0 Å². The van der Waals surface area contributed by atoms with Gasteiger partial charge in [0, 0.05) is 39.3 Å². The number of carbonyl (C=O) groups excluding carboxylic acids is 4. The lowest BCUT2D eigenvalue weighted by atomic mass is 10.1. The van der Waals surface area contributed by atoms with Gasteiger partial charge in [-0.2, -0.15) is 0 Å². The quantitative estimate of drug-likeness (QED) is 0.117. The third-order valence-corrected chi connectivity index (χ3v) is 5.42. The normalized spacial score (nSPS) is 13.5. The average molecular weight is 560 g/mol. The SMILES string of the molecule is CN(CCOCCOCCC(=O)O)C(=O)CC(C(=O)N(C)CCOCCOCCC(=O)O)N1C(=O)C=CC1=O. The topological polar surface area (TPSA) is 190 Å². The van der Waals surface area contributed by atoms with Crippen LogP contribution in [0, 0.1) is 0 Å². The van der Waals surface area contributed by atoms with Crippen LogP contribution in [-0.4, -0.2) is 147 Å². The Labute approximate surface area is 226 Å². The van der Waals surface area contributed by atoms with Crippen molar-refractivity contribution in [3.05, 3.63) is 12.2 Å². The summed E-state index contributed by atoms with van der Waals surface area (Å²) in [6, 6.07) is -1.34. The number of carbonyl (C=O) groups is 6. The largest absolute Gasteiger partial charge is 0.481 e. The van der Waals surface area contributed by atoms with Crippen molar-refractivity contribution in [3.8, 4) is 0 Å². The van der Waals surface area contributed by atoms with Gasteiger partial charge in [-0.05, 0) is 0 Å². The number of carboxylic acids is 2. The van der Waals surface area contributed by atoms with Gasteiger partial charge < -0.3 is 39.0 Å². The molecule has 0 aliphatic carbocycles. The van der Waals surface area contributed by atoms with Crippen LogP contribution in [0.4, 0.5) is 0 Å². The predicted octanol–water partition coefficient (Wildman–Crippen LogP) is -1.40. The van der Waals surface area contributed by atoms with Crippen LogP contribution in [0.15, 0.2) is 12.2 Å². The maximum atomic E-state index is 13.1. The number of aliphatic carboxylic acids is 2. The molecule has 0 bridgehead atoms. The molecule has 4 amide bonds. The Morgan fingerprint density at radius 3 is 1.56 bits per heavy atom. The average Bonchev–Trinajstić information content (AvgIpc) is 3.21. The zero-order valence-electron chi connectivity index (χ0n) is 22.2. The van der Waals surface area contributed by atoms with Gasteiger partial charge in [0.1, 0.15) is 6.04 Å². The van der Waals surface area contributed by atoms with E-state index in [1.165, 1.54) is 23.9 Å². The first-order chi connectivity index (χ1) is 18.5. The third-order valence-electron chi connectivity index (χ3n) is 5.42. The summed E-state index contributed by atoms with van der Waals surface area (Å²) >= 11 is 0. The van der Waals surface area contributed by atoms with E-state index in [9.17, 15) is 28.8 Å². The number of imide groups is 1. The Bertz CT molecular complexity index is 860. The van der Waals surface area contributed by atoms with Crippen molar-refractivity contribution in [2.45, 2.75) is 25.3 Å². The van der Waals surface area contributed by atoms with Crippen LogP contribution in [0.3, 0.4) is 0 Å². The summed E-state index contributed by atoms with van der Waals surface area (Å²) in [5.41, 5.74) is 0. The van der Waals surface area contributed by atoms with Gasteiger partial charge in [0.2, 0.25) is 11.8 Å². The molecule has 0 saturated heterocycles. The molecule has 1 heterocycles. The minimum absolute atomic E-state index is 0.0578. The molecule has 0 aromatic carbocycles. The molecule has 1 rings (SSSR count). The smallest absolute Gasteiger partial charge is 0.305 e. The summed E-state index contributed by atoms with van der Waals surface area (Å²) in [5, 5.41) is 17.1. The molecule has 1 aliphatic heterocycles. The third kappa shape index (κ3) is 13.8. The van der Waals surface area contributed by atoms with Crippen LogP contribution < -0.4 is 0 Å². The van der Waals surface area contributed by atoms with Crippen LogP contribution in [0.25, 0.3) is 0 Å². The molecule has 0 aromatic heterocycles. The molecular formula is C24H37N3O12. The fraction of sp³-hybridized carbons (Fsp3) is 0.667. The molecule has 1 aliphatic rings. The second kappa shape index (κ2) is 18.8. The van der Waals surface area contributed by atoms with E-state index in [1.807, 2.05) is 0 Å². The first-order valence-electron chi connectivity index (χ1n) is 12.3. The Morgan fingerprint density at radius 1 is 0.718 bits per heavy atom. The molecule has 1 atom stereocenters. The number of carboxylic acid groups (broad SMARTS) is 2. The zero-order valence-corrected chi connectivity index (χ0v) is 22.2. The Hall–Kier alpha value is -3.40. The molecule has 0 spiro atoms.